The third-order valence-electron chi connectivity index (χ3n) is 3.61. The van der Waals surface area contributed by atoms with Gasteiger partial charge in [-0.2, -0.15) is 4.31 Å². The zero-order chi connectivity index (χ0) is 16.2. The first kappa shape index (κ1) is 17.6. The molecule has 0 aromatic heterocycles. The summed E-state index contributed by atoms with van der Waals surface area (Å²) in [5.74, 6) is -0.559. The van der Waals surface area contributed by atoms with Crippen LogP contribution in [0.1, 0.15) is 19.3 Å². The minimum atomic E-state index is -3.70. The first-order valence-electron chi connectivity index (χ1n) is 7.22. The molecule has 1 saturated heterocycles. The van der Waals surface area contributed by atoms with E-state index in [0.717, 1.165) is 18.6 Å². The van der Waals surface area contributed by atoms with Gasteiger partial charge in [0, 0.05) is 19.7 Å². The molecule has 0 spiro atoms. The summed E-state index contributed by atoms with van der Waals surface area (Å²) in [6.07, 6.45) is 2.11. The summed E-state index contributed by atoms with van der Waals surface area (Å²) in [4.78, 5) is -0.0573. The van der Waals surface area contributed by atoms with E-state index in [1.165, 1.54) is 10.4 Å². The molecule has 0 saturated carbocycles. The standard InChI is InChI=1S/C14H20ClFN2O3S/c15-13-10-11(16)2-3-14(13)22(19,20)18-7-4-12(5-8-18)21-9-1-6-17/h2-3,10,12H,1,4-9,17H2. The molecular weight excluding hydrogens is 331 g/mol. The van der Waals surface area contributed by atoms with Gasteiger partial charge in [-0.25, -0.2) is 12.8 Å². The van der Waals surface area contributed by atoms with E-state index < -0.39 is 15.8 Å². The lowest BCUT2D eigenvalue weighted by Crippen LogP contribution is -2.41. The van der Waals surface area contributed by atoms with Gasteiger partial charge in [-0.15, -0.1) is 0 Å². The van der Waals surface area contributed by atoms with E-state index in [0.29, 0.717) is 39.1 Å². The molecule has 1 fully saturated rings. The van der Waals surface area contributed by atoms with Crippen molar-refractivity contribution in [3.05, 3.63) is 29.0 Å². The molecule has 0 unspecified atom stereocenters. The van der Waals surface area contributed by atoms with Crippen LogP contribution in [0.3, 0.4) is 0 Å². The third-order valence-corrected chi connectivity index (χ3v) is 6.00. The maximum Gasteiger partial charge on any atom is 0.244 e. The van der Waals surface area contributed by atoms with Crippen molar-refractivity contribution in [2.45, 2.75) is 30.3 Å². The van der Waals surface area contributed by atoms with Gasteiger partial charge in [-0.05, 0) is 44.0 Å². The topological polar surface area (TPSA) is 72.6 Å². The van der Waals surface area contributed by atoms with Crippen LogP contribution in [0, 0.1) is 5.82 Å². The molecule has 2 rings (SSSR count). The lowest BCUT2D eigenvalue weighted by Gasteiger charge is -2.31. The van der Waals surface area contributed by atoms with Gasteiger partial charge in [0.1, 0.15) is 10.7 Å². The molecule has 0 bridgehead atoms. The molecule has 22 heavy (non-hydrogen) atoms. The van der Waals surface area contributed by atoms with E-state index in [9.17, 15) is 12.8 Å². The van der Waals surface area contributed by atoms with Gasteiger partial charge < -0.3 is 10.5 Å². The molecule has 2 N–H and O–H groups in total. The Morgan fingerprint density at radius 2 is 2.05 bits per heavy atom. The average Bonchev–Trinajstić information content (AvgIpc) is 2.47. The maximum atomic E-state index is 13.1. The number of sulfonamides is 1. The number of nitrogens with zero attached hydrogens (tertiary/aromatic N) is 1. The molecule has 1 aromatic rings. The highest BCUT2D eigenvalue weighted by Crippen LogP contribution is 2.27. The highest BCUT2D eigenvalue weighted by atomic mass is 35.5. The van der Waals surface area contributed by atoms with Gasteiger partial charge in [-0.1, -0.05) is 11.6 Å². The van der Waals surface area contributed by atoms with Crippen molar-refractivity contribution in [1.29, 1.82) is 0 Å². The highest BCUT2D eigenvalue weighted by Gasteiger charge is 2.31. The first-order chi connectivity index (χ1) is 10.4. The third kappa shape index (κ3) is 4.17. The minimum absolute atomic E-state index is 0.0571. The predicted octanol–water partition coefficient (Wildman–Crippen LogP) is 2.00. The molecule has 1 heterocycles. The van der Waals surface area contributed by atoms with Crippen molar-refractivity contribution in [3.63, 3.8) is 0 Å². The van der Waals surface area contributed by atoms with Gasteiger partial charge in [-0.3, -0.25) is 0 Å². The van der Waals surface area contributed by atoms with Crippen LogP contribution in [-0.4, -0.2) is 45.1 Å². The lowest BCUT2D eigenvalue weighted by molar-refractivity contribution is 0.0209. The van der Waals surface area contributed by atoms with E-state index in [1.54, 1.807) is 0 Å². The van der Waals surface area contributed by atoms with Crippen LogP contribution in [0.5, 0.6) is 0 Å². The van der Waals surface area contributed by atoms with Crippen LogP contribution in [-0.2, 0) is 14.8 Å². The van der Waals surface area contributed by atoms with Crippen molar-refractivity contribution in [2.24, 2.45) is 5.73 Å². The van der Waals surface area contributed by atoms with Crippen LogP contribution in [0.2, 0.25) is 5.02 Å². The molecule has 1 aliphatic heterocycles. The Labute approximate surface area is 135 Å². The summed E-state index contributed by atoms with van der Waals surface area (Å²) in [6.45, 7) is 1.90. The summed E-state index contributed by atoms with van der Waals surface area (Å²) in [5, 5.41) is -0.0960. The monoisotopic (exact) mass is 350 g/mol. The van der Waals surface area contributed by atoms with Crippen molar-refractivity contribution in [1.82, 2.24) is 4.31 Å². The summed E-state index contributed by atoms with van der Waals surface area (Å²) in [5.41, 5.74) is 5.41. The molecule has 1 aliphatic rings. The number of rotatable bonds is 6. The number of hydrogen-bond acceptors (Lipinski definition) is 4. The molecule has 124 valence electrons. The first-order valence-corrected chi connectivity index (χ1v) is 9.04. The highest BCUT2D eigenvalue weighted by molar-refractivity contribution is 7.89. The predicted molar refractivity (Wildman–Crippen MR) is 82.8 cm³/mol. The molecular formula is C14H20ClFN2O3S. The molecule has 0 radical (unpaired) electrons. The van der Waals surface area contributed by atoms with Crippen LogP contribution < -0.4 is 5.73 Å². The van der Waals surface area contributed by atoms with Gasteiger partial charge in [0.15, 0.2) is 0 Å². The largest absolute Gasteiger partial charge is 0.378 e. The SMILES string of the molecule is NCCCOC1CCN(S(=O)(=O)c2ccc(F)cc2Cl)CC1. The van der Waals surface area contributed by atoms with Gasteiger partial charge >= 0.3 is 0 Å². The molecule has 5 nitrogen and oxygen atoms in total. The fourth-order valence-corrected chi connectivity index (χ4v) is 4.37. The lowest BCUT2D eigenvalue weighted by atomic mass is 10.1. The Kier molecular flexibility index (Phi) is 6.17. The Morgan fingerprint density at radius 3 is 2.64 bits per heavy atom. The van der Waals surface area contributed by atoms with Crippen molar-refractivity contribution in [2.75, 3.05) is 26.2 Å². The number of ether oxygens (including phenoxy) is 1. The Morgan fingerprint density at radius 1 is 1.36 bits per heavy atom. The van der Waals surface area contributed by atoms with E-state index in [2.05, 4.69) is 0 Å². The number of halogens is 2. The average molecular weight is 351 g/mol. The molecule has 0 amide bonds. The minimum Gasteiger partial charge on any atom is -0.378 e. The second kappa shape index (κ2) is 7.70. The quantitative estimate of drug-likeness (QED) is 0.796. The van der Waals surface area contributed by atoms with Gasteiger partial charge in [0.2, 0.25) is 10.0 Å². The molecule has 8 heteroatoms. The number of hydrogen-bond donors (Lipinski definition) is 1. The zero-order valence-electron chi connectivity index (χ0n) is 12.2. The summed E-state index contributed by atoms with van der Waals surface area (Å²) in [6, 6.07) is 3.31. The van der Waals surface area contributed by atoms with Gasteiger partial charge in [0.25, 0.3) is 0 Å². The van der Waals surface area contributed by atoms with Crippen molar-refractivity contribution in [3.8, 4) is 0 Å². The second-order valence-corrected chi connectivity index (χ2v) is 7.50. The fourth-order valence-electron chi connectivity index (χ4n) is 2.40. The number of nitrogens with two attached hydrogens (primary N) is 1. The fraction of sp³-hybridized carbons (Fsp3) is 0.571. The molecule has 0 aliphatic carbocycles. The van der Waals surface area contributed by atoms with E-state index in [4.69, 9.17) is 22.1 Å². The van der Waals surface area contributed by atoms with Crippen LogP contribution in [0.15, 0.2) is 23.1 Å². The second-order valence-electron chi connectivity index (χ2n) is 5.19. The van der Waals surface area contributed by atoms with E-state index in [-0.39, 0.29) is 16.0 Å². The van der Waals surface area contributed by atoms with Crippen molar-refractivity contribution < 1.29 is 17.5 Å². The van der Waals surface area contributed by atoms with Crippen molar-refractivity contribution >= 4 is 21.6 Å². The van der Waals surface area contributed by atoms with Gasteiger partial charge in [0.05, 0.1) is 11.1 Å². The normalized spacial score (nSPS) is 17.8. The molecule has 1 aromatic carbocycles. The number of piperidine rings is 1. The van der Waals surface area contributed by atoms with E-state index >= 15 is 0 Å². The van der Waals surface area contributed by atoms with Crippen LogP contribution in [0.25, 0.3) is 0 Å². The van der Waals surface area contributed by atoms with Crippen LogP contribution >= 0.6 is 11.6 Å². The summed E-state index contributed by atoms with van der Waals surface area (Å²) in [7, 11) is -3.70. The Hall–Kier alpha value is -0.730. The summed E-state index contributed by atoms with van der Waals surface area (Å²) < 4.78 is 45.2. The van der Waals surface area contributed by atoms with E-state index in [1.807, 2.05) is 0 Å². The summed E-state index contributed by atoms with van der Waals surface area (Å²) >= 11 is 5.86. The molecule has 0 atom stereocenters. The maximum absolute atomic E-state index is 13.1. The zero-order valence-corrected chi connectivity index (χ0v) is 13.7. The Bertz CT molecular complexity index is 604. The smallest absolute Gasteiger partial charge is 0.244 e. The Balaban J connectivity index is 2.00. The van der Waals surface area contributed by atoms with Crippen LogP contribution in [0.4, 0.5) is 4.39 Å². The number of benzene rings is 1.